The van der Waals surface area contributed by atoms with E-state index in [1.54, 1.807) is 4.90 Å². The predicted octanol–water partition coefficient (Wildman–Crippen LogP) is 2.88. The standard InChI is InChI=1S/C16H28N2O3/c1-3-4-8-11-18(2)15(19)14(12-17-16(20)21)13-9-6-5-7-10-13/h3,13-14,17H,1,4-12H2,2H3,(H,20,21)/t14-/m0/s1. The number of hydrogen-bond acceptors (Lipinski definition) is 2. The molecule has 2 N–H and O–H groups in total. The van der Waals surface area contributed by atoms with E-state index in [-0.39, 0.29) is 18.4 Å². The highest BCUT2D eigenvalue weighted by Crippen LogP contribution is 2.30. The molecule has 0 aromatic carbocycles. The number of hydrogen-bond donors (Lipinski definition) is 2. The Morgan fingerprint density at radius 1 is 1.38 bits per heavy atom. The summed E-state index contributed by atoms with van der Waals surface area (Å²) >= 11 is 0. The molecule has 5 nitrogen and oxygen atoms in total. The van der Waals surface area contributed by atoms with Crippen molar-refractivity contribution in [3.05, 3.63) is 12.7 Å². The van der Waals surface area contributed by atoms with E-state index in [0.29, 0.717) is 12.5 Å². The molecule has 0 spiro atoms. The average molecular weight is 296 g/mol. The molecule has 1 fully saturated rings. The molecule has 1 aliphatic rings. The lowest BCUT2D eigenvalue weighted by molar-refractivity contribution is -0.136. The Hall–Kier alpha value is -1.52. The van der Waals surface area contributed by atoms with E-state index in [1.807, 2.05) is 13.1 Å². The molecule has 0 aromatic heterocycles. The van der Waals surface area contributed by atoms with Crippen molar-refractivity contribution in [2.45, 2.75) is 44.9 Å². The molecule has 0 saturated heterocycles. The van der Waals surface area contributed by atoms with Gasteiger partial charge < -0.3 is 15.3 Å². The normalized spacial score (nSPS) is 17.0. The highest BCUT2D eigenvalue weighted by molar-refractivity contribution is 5.79. The van der Waals surface area contributed by atoms with Gasteiger partial charge in [-0.2, -0.15) is 0 Å². The maximum Gasteiger partial charge on any atom is 0.404 e. The minimum atomic E-state index is -1.06. The summed E-state index contributed by atoms with van der Waals surface area (Å²) < 4.78 is 0. The van der Waals surface area contributed by atoms with Gasteiger partial charge in [0.05, 0.1) is 5.92 Å². The fourth-order valence-electron chi connectivity index (χ4n) is 3.06. The molecular formula is C16H28N2O3. The average Bonchev–Trinajstić information content (AvgIpc) is 2.48. The van der Waals surface area contributed by atoms with Gasteiger partial charge in [0.15, 0.2) is 0 Å². The van der Waals surface area contributed by atoms with Gasteiger partial charge in [-0.15, -0.1) is 6.58 Å². The Morgan fingerprint density at radius 2 is 2.05 bits per heavy atom. The molecule has 120 valence electrons. The van der Waals surface area contributed by atoms with Gasteiger partial charge >= 0.3 is 6.09 Å². The van der Waals surface area contributed by atoms with Crippen LogP contribution in [0.1, 0.15) is 44.9 Å². The first-order valence-electron chi connectivity index (χ1n) is 7.89. The Balaban J connectivity index is 2.61. The van der Waals surface area contributed by atoms with Gasteiger partial charge in [0.1, 0.15) is 0 Å². The molecule has 0 bridgehead atoms. The monoisotopic (exact) mass is 296 g/mol. The molecule has 1 saturated carbocycles. The van der Waals surface area contributed by atoms with Crippen molar-refractivity contribution in [3.63, 3.8) is 0 Å². The summed E-state index contributed by atoms with van der Waals surface area (Å²) in [6.07, 6.45) is 8.13. The Kier molecular flexibility index (Phi) is 7.87. The van der Waals surface area contributed by atoms with Crippen molar-refractivity contribution < 1.29 is 14.7 Å². The van der Waals surface area contributed by atoms with Gasteiger partial charge in [-0.25, -0.2) is 4.79 Å². The minimum absolute atomic E-state index is 0.0692. The van der Waals surface area contributed by atoms with Crippen LogP contribution in [0, 0.1) is 11.8 Å². The zero-order valence-corrected chi connectivity index (χ0v) is 13.0. The Bertz CT molecular complexity index is 351. The number of amides is 2. The first-order valence-corrected chi connectivity index (χ1v) is 7.89. The van der Waals surface area contributed by atoms with Crippen molar-refractivity contribution in [2.75, 3.05) is 20.1 Å². The maximum absolute atomic E-state index is 12.6. The number of carboxylic acid groups (broad SMARTS) is 1. The van der Waals surface area contributed by atoms with Crippen LogP contribution in [0.4, 0.5) is 4.79 Å². The summed E-state index contributed by atoms with van der Waals surface area (Å²) in [7, 11) is 1.81. The molecule has 0 radical (unpaired) electrons. The van der Waals surface area contributed by atoms with E-state index in [2.05, 4.69) is 11.9 Å². The lowest BCUT2D eigenvalue weighted by Gasteiger charge is -2.32. The molecule has 2 amide bonds. The van der Waals surface area contributed by atoms with Crippen LogP contribution >= 0.6 is 0 Å². The van der Waals surface area contributed by atoms with E-state index in [4.69, 9.17) is 5.11 Å². The molecular weight excluding hydrogens is 268 g/mol. The van der Waals surface area contributed by atoms with E-state index in [0.717, 1.165) is 38.5 Å². The van der Waals surface area contributed by atoms with Crippen molar-refractivity contribution in [1.29, 1.82) is 0 Å². The molecule has 0 aromatic rings. The van der Waals surface area contributed by atoms with Crippen LogP contribution in [-0.4, -0.2) is 42.1 Å². The summed E-state index contributed by atoms with van der Waals surface area (Å²) in [5.41, 5.74) is 0. The van der Waals surface area contributed by atoms with Crippen molar-refractivity contribution in [2.24, 2.45) is 11.8 Å². The highest BCUT2D eigenvalue weighted by Gasteiger charge is 2.31. The largest absolute Gasteiger partial charge is 0.465 e. The summed E-state index contributed by atoms with van der Waals surface area (Å²) in [6.45, 7) is 4.60. The van der Waals surface area contributed by atoms with Crippen molar-refractivity contribution in [1.82, 2.24) is 10.2 Å². The van der Waals surface area contributed by atoms with Gasteiger partial charge in [0.25, 0.3) is 0 Å². The first kappa shape index (κ1) is 17.5. The lowest BCUT2D eigenvalue weighted by atomic mass is 9.79. The summed E-state index contributed by atoms with van der Waals surface area (Å²) in [5.74, 6) is 0.148. The molecule has 0 aliphatic heterocycles. The molecule has 0 heterocycles. The van der Waals surface area contributed by atoms with Gasteiger partial charge in [-0.1, -0.05) is 25.3 Å². The van der Waals surface area contributed by atoms with Gasteiger partial charge in [0.2, 0.25) is 5.91 Å². The fraction of sp³-hybridized carbons (Fsp3) is 0.750. The van der Waals surface area contributed by atoms with E-state index in [1.165, 1.54) is 6.42 Å². The first-order chi connectivity index (χ1) is 10.1. The van der Waals surface area contributed by atoms with Crippen LogP contribution < -0.4 is 5.32 Å². The summed E-state index contributed by atoms with van der Waals surface area (Å²) in [4.78, 5) is 25.1. The maximum atomic E-state index is 12.6. The van der Waals surface area contributed by atoms with Crippen molar-refractivity contribution >= 4 is 12.0 Å². The lowest BCUT2D eigenvalue weighted by Crippen LogP contribution is -2.43. The quantitative estimate of drug-likeness (QED) is 0.534. The van der Waals surface area contributed by atoms with Gasteiger partial charge in [0, 0.05) is 20.1 Å². The van der Waals surface area contributed by atoms with Gasteiger partial charge in [-0.05, 0) is 31.6 Å². The second-order valence-corrected chi connectivity index (χ2v) is 5.88. The third kappa shape index (κ3) is 6.19. The minimum Gasteiger partial charge on any atom is -0.465 e. The molecule has 21 heavy (non-hydrogen) atoms. The SMILES string of the molecule is C=CCCCN(C)C(=O)[C@@H](CNC(=O)O)C1CCCCC1. The highest BCUT2D eigenvalue weighted by atomic mass is 16.4. The smallest absolute Gasteiger partial charge is 0.404 e. The van der Waals surface area contributed by atoms with Crippen LogP contribution in [0.5, 0.6) is 0 Å². The number of allylic oxidation sites excluding steroid dienone is 1. The van der Waals surface area contributed by atoms with Crippen LogP contribution in [0.15, 0.2) is 12.7 Å². The topological polar surface area (TPSA) is 69.6 Å². The zero-order chi connectivity index (χ0) is 15.7. The molecule has 1 atom stereocenters. The Labute approximate surface area is 127 Å². The van der Waals surface area contributed by atoms with E-state index >= 15 is 0 Å². The fourth-order valence-corrected chi connectivity index (χ4v) is 3.06. The molecule has 1 rings (SSSR count). The van der Waals surface area contributed by atoms with Crippen LogP contribution in [0.2, 0.25) is 0 Å². The van der Waals surface area contributed by atoms with Crippen molar-refractivity contribution in [3.8, 4) is 0 Å². The van der Waals surface area contributed by atoms with E-state index < -0.39 is 6.09 Å². The van der Waals surface area contributed by atoms with Crippen LogP contribution in [0.3, 0.4) is 0 Å². The number of carbonyl (C=O) groups excluding carboxylic acids is 1. The number of rotatable bonds is 8. The van der Waals surface area contributed by atoms with Crippen LogP contribution in [0.25, 0.3) is 0 Å². The summed E-state index contributed by atoms with van der Waals surface area (Å²) in [6, 6.07) is 0. The Morgan fingerprint density at radius 3 is 2.62 bits per heavy atom. The third-order valence-electron chi connectivity index (χ3n) is 4.29. The second kappa shape index (κ2) is 9.42. The summed E-state index contributed by atoms with van der Waals surface area (Å²) in [5, 5.41) is 11.2. The molecule has 0 unspecified atom stereocenters. The molecule has 1 aliphatic carbocycles. The second-order valence-electron chi connectivity index (χ2n) is 5.88. The predicted molar refractivity (Wildman–Crippen MR) is 83.2 cm³/mol. The number of nitrogens with one attached hydrogen (secondary N) is 1. The number of carbonyl (C=O) groups is 2. The zero-order valence-electron chi connectivity index (χ0n) is 13.0. The number of nitrogens with zero attached hydrogens (tertiary/aromatic N) is 1. The van der Waals surface area contributed by atoms with Crippen LogP contribution in [-0.2, 0) is 4.79 Å². The molecule has 5 heteroatoms. The van der Waals surface area contributed by atoms with Gasteiger partial charge in [-0.3, -0.25) is 4.79 Å². The van der Waals surface area contributed by atoms with E-state index in [9.17, 15) is 9.59 Å². The number of unbranched alkanes of at least 4 members (excludes halogenated alkanes) is 1. The third-order valence-corrected chi connectivity index (χ3v) is 4.29.